The van der Waals surface area contributed by atoms with Crippen LogP contribution in [0.15, 0.2) is 121 Å². The van der Waals surface area contributed by atoms with E-state index in [1.54, 1.807) is 0 Å². The van der Waals surface area contributed by atoms with Gasteiger partial charge in [-0.1, -0.05) is 109 Å². The van der Waals surface area contributed by atoms with Gasteiger partial charge in [0.1, 0.15) is 0 Å². The van der Waals surface area contributed by atoms with Crippen molar-refractivity contribution in [3.8, 4) is 22.4 Å². The Bertz CT molecular complexity index is 1940. The lowest BCUT2D eigenvalue weighted by Gasteiger charge is -2.38. The number of H-pyrrole nitrogens is 1. The number of hydrogen-bond acceptors (Lipinski definition) is 2. The lowest BCUT2D eigenvalue weighted by molar-refractivity contribution is -0.121. The number of hydrogen-bond donors (Lipinski definition) is 2. The average Bonchev–Trinajstić information content (AvgIpc) is 3.46. The minimum Gasteiger partial charge on any atom is -0.363 e. The molecule has 2 aliphatic heterocycles. The second-order valence-electron chi connectivity index (χ2n) is 10.7. The van der Waals surface area contributed by atoms with Gasteiger partial charge in [0.15, 0.2) is 5.54 Å². The highest BCUT2D eigenvalue weighted by Crippen LogP contribution is 2.55. The number of benzene rings is 5. The van der Waals surface area contributed by atoms with E-state index in [0.717, 1.165) is 56.0 Å². The smallest absolute Gasteiger partial charge is 0.262 e. The van der Waals surface area contributed by atoms with Gasteiger partial charge in [0.05, 0.1) is 17.7 Å². The Labute approximate surface area is 232 Å². The van der Waals surface area contributed by atoms with Gasteiger partial charge in [-0.3, -0.25) is 4.79 Å². The first-order valence-corrected chi connectivity index (χ1v) is 13.7. The lowest BCUT2D eigenvalue weighted by atomic mass is 9.75. The first-order chi connectivity index (χ1) is 19.7. The van der Waals surface area contributed by atoms with Gasteiger partial charge in [-0.25, -0.2) is 0 Å². The number of aromatic amines is 1. The van der Waals surface area contributed by atoms with Crippen LogP contribution in [0.5, 0.6) is 0 Å². The van der Waals surface area contributed by atoms with Crippen molar-refractivity contribution in [3.63, 3.8) is 0 Å². The van der Waals surface area contributed by atoms with Crippen LogP contribution >= 0.6 is 0 Å². The molecule has 1 amide bonds. The summed E-state index contributed by atoms with van der Waals surface area (Å²) in [5.41, 5.74) is 10.6. The van der Waals surface area contributed by atoms with Crippen molar-refractivity contribution in [2.45, 2.75) is 19.0 Å². The maximum atomic E-state index is 14.8. The van der Waals surface area contributed by atoms with Crippen molar-refractivity contribution >= 4 is 28.2 Å². The highest BCUT2D eigenvalue weighted by atomic mass is 16.2. The first-order valence-electron chi connectivity index (χ1n) is 13.7. The molecule has 0 saturated heterocycles. The summed E-state index contributed by atoms with van der Waals surface area (Å²) in [6.07, 6.45) is 0. The van der Waals surface area contributed by atoms with Crippen molar-refractivity contribution in [2.24, 2.45) is 0 Å². The zero-order valence-electron chi connectivity index (χ0n) is 22.1. The molecule has 3 heterocycles. The fourth-order valence-electron chi connectivity index (χ4n) is 6.72. The average molecular weight is 518 g/mol. The first kappa shape index (κ1) is 22.9. The van der Waals surface area contributed by atoms with E-state index in [9.17, 15) is 4.79 Å². The molecule has 5 aromatic carbocycles. The molecule has 0 radical (unpaired) electrons. The number of nitrogens with zero attached hydrogens (tertiary/aromatic N) is 1. The quantitative estimate of drug-likeness (QED) is 0.250. The van der Waals surface area contributed by atoms with Crippen LogP contribution in [0.25, 0.3) is 33.3 Å². The topological polar surface area (TPSA) is 48.1 Å². The summed E-state index contributed by atoms with van der Waals surface area (Å²) in [7, 11) is 0. The van der Waals surface area contributed by atoms with Gasteiger partial charge < -0.3 is 15.2 Å². The van der Waals surface area contributed by atoms with Crippen molar-refractivity contribution in [3.05, 3.63) is 144 Å². The Morgan fingerprint density at radius 2 is 1.43 bits per heavy atom. The van der Waals surface area contributed by atoms with E-state index in [2.05, 4.69) is 96.1 Å². The highest BCUT2D eigenvalue weighted by molar-refractivity contribution is 6.17. The van der Waals surface area contributed by atoms with Crippen LogP contribution in [0.4, 0.5) is 11.4 Å². The maximum Gasteiger partial charge on any atom is 0.262 e. The summed E-state index contributed by atoms with van der Waals surface area (Å²) in [5, 5.41) is 4.93. The van der Waals surface area contributed by atoms with Gasteiger partial charge in [0.2, 0.25) is 0 Å². The summed E-state index contributed by atoms with van der Waals surface area (Å²) < 4.78 is 0. The monoisotopic (exact) mass is 517 g/mol. The van der Waals surface area contributed by atoms with Crippen LogP contribution < -0.4 is 10.2 Å². The van der Waals surface area contributed by atoms with Crippen LogP contribution in [0, 0.1) is 6.92 Å². The Hall–Kier alpha value is -5.09. The third kappa shape index (κ3) is 3.04. The number of para-hydroxylation sites is 2. The molecule has 1 aromatic heterocycles. The van der Waals surface area contributed by atoms with E-state index in [4.69, 9.17) is 0 Å². The fourth-order valence-corrected chi connectivity index (χ4v) is 6.72. The van der Waals surface area contributed by atoms with Gasteiger partial charge in [0.25, 0.3) is 5.91 Å². The zero-order valence-corrected chi connectivity index (χ0v) is 22.1. The molecule has 2 N–H and O–H groups in total. The second kappa shape index (κ2) is 8.45. The number of fused-ring (bicyclic) bond motifs is 8. The molecule has 2 aliphatic rings. The predicted molar refractivity (Wildman–Crippen MR) is 162 cm³/mol. The van der Waals surface area contributed by atoms with Gasteiger partial charge in [-0.15, -0.1) is 0 Å². The molecule has 0 saturated carbocycles. The van der Waals surface area contributed by atoms with E-state index < -0.39 is 5.54 Å². The number of aryl methyl sites for hydroxylation is 1. The fraction of sp³-hybridized carbons (Fsp3) is 0.0833. The molecular formula is C36H27N3O. The maximum absolute atomic E-state index is 14.8. The minimum absolute atomic E-state index is 0.0409. The van der Waals surface area contributed by atoms with E-state index >= 15 is 0 Å². The van der Waals surface area contributed by atoms with Crippen molar-refractivity contribution in [2.75, 3.05) is 10.2 Å². The third-order valence-electron chi connectivity index (χ3n) is 8.57. The number of carbonyl (C=O) groups excluding carboxylic acids is 1. The SMILES string of the molecule is Cc1c(-c2ccccc2)[nH]c2c3c(ccc12)[C@@]1(Nc2ccccc2-3)C(=O)N(Cc2ccccc2)c2ccccc21. The molecule has 6 aromatic rings. The lowest BCUT2D eigenvalue weighted by Crippen LogP contribution is -2.48. The van der Waals surface area contributed by atoms with Gasteiger partial charge in [-0.2, -0.15) is 0 Å². The molecule has 0 unspecified atom stereocenters. The summed E-state index contributed by atoms with van der Waals surface area (Å²) in [5.74, 6) is 0.0409. The Morgan fingerprint density at radius 1 is 0.725 bits per heavy atom. The molecule has 1 atom stereocenters. The number of amides is 1. The largest absolute Gasteiger partial charge is 0.363 e. The molecule has 0 aliphatic carbocycles. The molecule has 40 heavy (non-hydrogen) atoms. The molecule has 0 fully saturated rings. The van der Waals surface area contributed by atoms with Gasteiger partial charge in [0, 0.05) is 39.0 Å². The number of rotatable bonds is 3. The summed E-state index contributed by atoms with van der Waals surface area (Å²) >= 11 is 0. The number of aromatic nitrogens is 1. The van der Waals surface area contributed by atoms with E-state index in [0.29, 0.717) is 6.54 Å². The molecule has 192 valence electrons. The van der Waals surface area contributed by atoms with Crippen LogP contribution in [0.3, 0.4) is 0 Å². The van der Waals surface area contributed by atoms with E-state index in [1.807, 2.05) is 47.4 Å². The standard InChI is InChI=1S/C36H27N3O/c1-23-26-20-21-29-32(34(26)37-33(23)25-14-6-3-7-15-25)27-16-8-10-18-30(27)38-36(29)28-17-9-11-19-31(28)39(35(36)40)22-24-12-4-2-5-13-24/h2-21,37-38H,22H2,1H3/t36-/m1/s1. The summed E-state index contributed by atoms with van der Waals surface area (Å²) in [6.45, 7) is 2.69. The number of carbonyl (C=O) groups is 1. The number of nitrogens with one attached hydrogen (secondary N) is 2. The van der Waals surface area contributed by atoms with Crippen LogP contribution in [-0.2, 0) is 16.9 Å². The minimum atomic E-state index is -1.03. The summed E-state index contributed by atoms with van der Waals surface area (Å²) in [6, 6.07) is 41.6. The molecule has 1 spiro atoms. The summed E-state index contributed by atoms with van der Waals surface area (Å²) in [4.78, 5) is 20.5. The molecular weight excluding hydrogens is 490 g/mol. The van der Waals surface area contributed by atoms with Crippen LogP contribution in [0.1, 0.15) is 22.3 Å². The van der Waals surface area contributed by atoms with Crippen molar-refractivity contribution in [1.29, 1.82) is 0 Å². The van der Waals surface area contributed by atoms with Gasteiger partial charge in [-0.05, 0) is 35.7 Å². The third-order valence-corrected chi connectivity index (χ3v) is 8.57. The van der Waals surface area contributed by atoms with Crippen LogP contribution in [-0.4, -0.2) is 10.9 Å². The van der Waals surface area contributed by atoms with Crippen LogP contribution in [0.2, 0.25) is 0 Å². The molecule has 0 bridgehead atoms. The molecule has 8 rings (SSSR count). The molecule has 4 nitrogen and oxygen atoms in total. The van der Waals surface area contributed by atoms with Crippen molar-refractivity contribution < 1.29 is 4.79 Å². The van der Waals surface area contributed by atoms with E-state index in [1.165, 1.54) is 10.9 Å². The normalized spacial score (nSPS) is 17.0. The Morgan fingerprint density at radius 3 is 2.25 bits per heavy atom. The second-order valence-corrected chi connectivity index (χ2v) is 10.7. The van der Waals surface area contributed by atoms with Crippen molar-refractivity contribution in [1.82, 2.24) is 4.98 Å². The van der Waals surface area contributed by atoms with E-state index in [-0.39, 0.29) is 5.91 Å². The Kier molecular flexibility index (Phi) is 4.83. The number of anilines is 2. The Balaban J connectivity index is 1.41. The van der Waals surface area contributed by atoms with Gasteiger partial charge >= 0.3 is 0 Å². The highest BCUT2D eigenvalue weighted by Gasteiger charge is 2.55. The zero-order chi connectivity index (χ0) is 26.8. The predicted octanol–water partition coefficient (Wildman–Crippen LogP) is 8.03. The molecule has 4 heteroatoms.